The molecule has 0 fully saturated rings. The molecule has 0 spiro atoms. The molecule has 0 bridgehead atoms. The molecule has 106 valence electrons. The topological polar surface area (TPSA) is 12.5 Å². The highest BCUT2D eigenvalue weighted by Crippen LogP contribution is 2.29. The van der Waals surface area contributed by atoms with Gasteiger partial charge in [-0.05, 0) is 42.8 Å². The Labute approximate surface area is 133 Å². The van der Waals surface area contributed by atoms with E-state index in [1.807, 2.05) is 30.3 Å². The largest absolute Gasteiger partial charge is 0.495 e. The molecule has 2 rings (SSSR count). The zero-order valence-corrected chi connectivity index (χ0v) is 13.9. The normalized spacial score (nSPS) is 10.4. The molecule has 0 aliphatic carbocycles. The van der Waals surface area contributed by atoms with Crippen molar-refractivity contribution >= 4 is 33.2 Å². The van der Waals surface area contributed by atoms with Gasteiger partial charge in [0.25, 0.3) is 0 Å². The molecule has 0 aliphatic rings. The van der Waals surface area contributed by atoms with Crippen molar-refractivity contribution in [3.05, 3.63) is 57.5 Å². The molecule has 0 atom stereocenters. The predicted octanol–water partition coefficient (Wildman–Crippen LogP) is 5.14. The Hall–Kier alpha value is -1.19. The minimum atomic E-state index is 0.637. The van der Waals surface area contributed by atoms with Crippen LogP contribution in [0.15, 0.2) is 46.9 Å². The van der Waals surface area contributed by atoms with Crippen LogP contribution >= 0.6 is 27.5 Å². The second-order valence-electron chi connectivity index (χ2n) is 4.46. The van der Waals surface area contributed by atoms with Gasteiger partial charge in [0.15, 0.2) is 0 Å². The fourth-order valence-electron chi connectivity index (χ4n) is 2.09. The van der Waals surface area contributed by atoms with E-state index in [9.17, 15) is 0 Å². The minimum absolute atomic E-state index is 0.637. The van der Waals surface area contributed by atoms with Gasteiger partial charge in [-0.25, -0.2) is 0 Å². The molecule has 0 unspecified atom stereocenters. The van der Waals surface area contributed by atoms with E-state index in [0.717, 1.165) is 23.2 Å². The highest BCUT2D eigenvalue weighted by molar-refractivity contribution is 9.10. The van der Waals surface area contributed by atoms with Crippen LogP contribution in [-0.4, -0.2) is 13.7 Å². The summed E-state index contributed by atoms with van der Waals surface area (Å²) >= 11 is 9.70. The fraction of sp³-hybridized carbons (Fsp3) is 0.250. The van der Waals surface area contributed by atoms with Crippen molar-refractivity contribution in [2.24, 2.45) is 0 Å². The van der Waals surface area contributed by atoms with Gasteiger partial charge in [-0.2, -0.15) is 0 Å². The van der Waals surface area contributed by atoms with Crippen LogP contribution in [0.4, 0.5) is 5.69 Å². The molecule has 2 aromatic rings. The summed E-state index contributed by atoms with van der Waals surface area (Å²) < 4.78 is 6.29. The van der Waals surface area contributed by atoms with Crippen LogP contribution in [-0.2, 0) is 6.54 Å². The first kappa shape index (κ1) is 15.2. The van der Waals surface area contributed by atoms with Crippen molar-refractivity contribution in [1.29, 1.82) is 0 Å². The number of rotatable bonds is 5. The van der Waals surface area contributed by atoms with E-state index in [0.29, 0.717) is 10.8 Å². The summed E-state index contributed by atoms with van der Waals surface area (Å²) in [5, 5.41) is 0.637. The van der Waals surface area contributed by atoms with E-state index < -0.39 is 0 Å². The van der Waals surface area contributed by atoms with Crippen LogP contribution in [0.5, 0.6) is 5.75 Å². The van der Waals surface area contributed by atoms with E-state index in [4.69, 9.17) is 16.3 Å². The van der Waals surface area contributed by atoms with Crippen molar-refractivity contribution in [1.82, 2.24) is 0 Å². The molecule has 20 heavy (non-hydrogen) atoms. The lowest BCUT2D eigenvalue weighted by Crippen LogP contribution is -2.21. The number of ether oxygens (including phenoxy) is 1. The van der Waals surface area contributed by atoms with Crippen molar-refractivity contribution < 1.29 is 4.74 Å². The molecule has 2 aromatic carbocycles. The first-order chi connectivity index (χ1) is 9.63. The summed E-state index contributed by atoms with van der Waals surface area (Å²) in [4.78, 5) is 2.27. The molecule has 2 nitrogen and oxygen atoms in total. The number of anilines is 1. The van der Waals surface area contributed by atoms with Crippen LogP contribution in [0.1, 0.15) is 12.5 Å². The van der Waals surface area contributed by atoms with Crippen LogP contribution in [0.25, 0.3) is 0 Å². The lowest BCUT2D eigenvalue weighted by molar-refractivity contribution is 0.415. The molecule has 0 heterocycles. The molecule has 0 aromatic heterocycles. The molecule has 4 heteroatoms. The average molecular weight is 355 g/mol. The van der Waals surface area contributed by atoms with Gasteiger partial charge in [-0.15, -0.1) is 0 Å². The quantitative estimate of drug-likeness (QED) is 0.737. The second kappa shape index (κ2) is 7.00. The Morgan fingerprint density at radius 3 is 2.60 bits per heavy atom. The van der Waals surface area contributed by atoms with Crippen LogP contribution in [0.2, 0.25) is 5.02 Å². The molecule has 0 saturated heterocycles. The zero-order valence-electron chi connectivity index (χ0n) is 11.6. The first-order valence-electron chi connectivity index (χ1n) is 6.47. The van der Waals surface area contributed by atoms with E-state index in [1.165, 1.54) is 5.56 Å². The maximum absolute atomic E-state index is 6.20. The highest BCUT2D eigenvalue weighted by atomic mass is 79.9. The van der Waals surface area contributed by atoms with E-state index in [2.05, 4.69) is 39.9 Å². The summed E-state index contributed by atoms with van der Waals surface area (Å²) in [5.41, 5.74) is 2.35. The Bertz CT molecular complexity index is 588. The van der Waals surface area contributed by atoms with Crippen LogP contribution < -0.4 is 9.64 Å². The third-order valence-corrected chi connectivity index (χ3v) is 3.93. The Balaban J connectivity index is 2.22. The smallest absolute Gasteiger partial charge is 0.137 e. The summed E-state index contributed by atoms with van der Waals surface area (Å²) in [5.74, 6) is 0.703. The monoisotopic (exact) mass is 353 g/mol. The summed E-state index contributed by atoms with van der Waals surface area (Å²) in [6.07, 6.45) is 0. The van der Waals surface area contributed by atoms with Crippen LogP contribution in [0.3, 0.4) is 0 Å². The lowest BCUT2D eigenvalue weighted by Gasteiger charge is -2.24. The van der Waals surface area contributed by atoms with Gasteiger partial charge >= 0.3 is 0 Å². The number of hydrogen-bond donors (Lipinski definition) is 0. The third kappa shape index (κ3) is 3.68. The van der Waals surface area contributed by atoms with Crippen LogP contribution in [0, 0.1) is 0 Å². The zero-order chi connectivity index (χ0) is 14.5. The SMILES string of the molecule is CCN(Cc1cccc(Br)c1)c1ccc(OC)c(Cl)c1. The maximum atomic E-state index is 6.20. The van der Waals surface area contributed by atoms with Crippen molar-refractivity contribution in [2.75, 3.05) is 18.6 Å². The van der Waals surface area contributed by atoms with Crippen molar-refractivity contribution in [2.45, 2.75) is 13.5 Å². The Kier molecular flexibility index (Phi) is 5.32. The lowest BCUT2D eigenvalue weighted by atomic mass is 10.2. The number of halogens is 2. The Morgan fingerprint density at radius 1 is 1.20 bits per heavy atom. The van der Waals surface area contributed by atoms with Gasteiger partial charge in [-0.1, -0.05) is 39.7 Å². The fourth-order valence-corrected chi connectivity index (χ4v) is 2.79. The van der Waals surface area contributed by atoms with Gasteiger partial charge < -0.3 is 9.64 Å². The number of methoxy groups -OCH3 is 1. The molecular weight excluding hydrogens is 338 g/mol. The summed E-state index contributed by atoms with van der Waals surface area (Å²) in [6, 6.07) is 14.2. The predicted molar refractivity (Wildman–Crippen MR) is 88.9 cm³/mol. The molecule has 0 radical (unpaired) electrons. The summed E-state index contributed by atoms with van der Waals surface area (Å²) in [6.45, 7) is 3.89. The van der Waals surface area contributed by atoms with E-state index in [-0.39, 0.29) is 0 Å². The van der Waals surface area contributed by atoms with Gasteiger partial charge in [0.1, 0.15) is 5.75 Å². The molecule has 0 amide bonds. The van der Waals surface area contributed by atoms with Gasteiger partial charge in [0.05, 0.1) is 12.1 Å². The standard InChI is InChI=1S/C16H17BrClNO/c1-3-19(11-12-5-4-6-13(17)9-12)14-7-8-16(20-2)15(18)10-14/h4-10H,3,11H2,1-2H3. The van der Waals surface area contributed by atoms with E-state index >= 15 is 0 Å². The van der Waals surface area contributed by atoms with Gasteiger partial charge in [0, 0.05) is 23.2 Å². The number of hydrogen-bond acceptors (Lipinski definition) is 2. The van der Waals surface area contributed by atoms with Gasteiger partial charge in [0.2, 0.25) is 0 Å². The maximum Gasteiger partial charge on any atom is 0.137 e. The van der Waals surface area contributed by atoms with E-state index in [1.54, 1.807) is 7.11 Å². The van der Waals surface area contributed by atoms with Crippen molar-refractivity contribution in [3.8, 4) is 5.75 Å². The van der Waals surface area contributed by atoms with Gasteiger partial charge in [-0.3, -0.25) is 0 Å². The minimum Gasteiger partial charge on any atom is -0.495 e. The molecular formula is C16H17BrClNO. The molecule has 0 saturated carbocycles. The second-order valence-corrected chi connectivity index (χ2v) is 5.79. The summed E-state index contributed by atoms with van der Waals surface area (Å²) in [7, 11) is 1.62. The number of benzene rings is 2. The first-order valence-corrected chi connectivity index (χ1v) is 7.64. The molecule has 0 N–H and O–H groups in total. The highest BCUT2D eigenvalue weighted by Gasteiger charge is 2.08. The van der Waals surface area contributed by atoms with Crippen molar-refractivity contribution in [3.63, 3.8) is 0 Å². The third-order valence-electron chi connectivity index (χ3n) is 3.14. The average Bonchev–Trinajstić information content (AvgIpc) is 2.44. The molecule has 0 aliphatic heterocycles. The number of nitrogens with zero attached hydrogens (tertiary/aromatic N) is 1. The Morgan fingerprint density at radius 2 is 2.00 bits per heavy atom.